The van der Waals surface area contributed by atoms with Crippen LogP contribution in [0.5, 0.6) is 0 Å². The van der Waals surface area contributed by atoms with Crippen molar-refractivity contribution in [2.45, 2.75) is 19.8 Å². The highest BCUT2D eigenvalue weighted by Gasteiger charge is 2.20. The van der Waals surface area contributed by atoms with Gasteiger partial charge in [0.25, 0.3) is 0 Å². The average molecular weight is 243 g/mol. The molecule has 4 heteroatoms. The number of hydrogen-bond donors (Lipinski definition) is 1. The lowest BCUT2D eigenvalue weighted by Gasteiger charge is -2.25. The minimum absolute atomic E-state index is 0.665. The minimum atomic E-state index is 0.665. The fraction of sp³-hybridized carbons (Fsp3) is 0.429. The maximum atomic E-state index is 5.28. The van der Waals surface area contributed by atoms with Crippen molar-refractivity contribution in [3.05, 3.63) is 47.1 Å². The molecular weight excluding hydrogens is 226 g/mol. The van der Waals surface area contributed by atoms with Gasteiger partial charge in [0.2, 0.25) is 5.89 Å². The molecule has 3 rings (SSSR count). The van der Waals surface area contributed by atoms with Crippen LogP contribution in [0.2, 0.25) is 0 Å². The van der Waals surface area contributed by atoms with Crippen LogP contribution >= 0.6 is 0 Å². The van der Waals surface area contributed by atoms with Gasteiger partial charge in [0.15, 0.2) is 5.82 Å². The molecule has 0 saturated carbocycles. The SMILES string of the molecule is Cc1ccc(Cc2noc(CC3CNC3)n2)cc1. The minimum Gasteiger partial charge on any atom is -0.339 e. The number of aryl methyl sites for hydroxylation is 1. The van der Waals surface area contributed by atoms with Gasteiger partial charge in [0.05, 0.1) is 0 Å². The molecule has 0 unspecified atom stereocenters. The zero-order valence-corrected chi connectivity index (χ0v) is 10.5. The summed E-state index contributed by atoms with van der Waals surface area (Å²) in [6.45, 7) is 4.22. The second kappa shape index (κ2) is 4.90. The molecule has 2 aromatic rings. The molecule has 0 atom stereocenters. The summed E-state index contributed by atoms with van der Waals surface area (Å²) in [5, 5.41) is 7.28. The second-order valence-corrected chi connectivity index (χ2v) is 5.00. The Labute approximate surface area is 106 Å². The summed E-state index contributed by atoms with van der Waals surface area (Å²) < 4.78 is 5.28. The van der Waals surface area contributed by atoms with Crippen molar-refractivity contribution in [3.8, 4) is 0 Å². The smallest absolute Gasteiger partial charge is 0.227 e. The first-order valence-electron chi connectivity index (χ1n) is 6.37. The topological polar surface area (TPSA) is 51.0 Å². The lowest BCUT2D eigenvalue weighted by Crippen LogP contribution is -2.43. The Morgan fingerprint density at radius 2 is 2.06 bits per heavy atom. The molecule has 2 heterocycles. The molecule has 1 aromatic heterocycles. The lowest BCUT2D eigenvalue weighted by molar-refractivity contribution is 0.295. The Bertz CT molecular complexity index is 514. The first-order chi connectivity index (χ1) is 8.79. The van der Waals surface area contributed by atoms with Crippen LogP contribution in [-0.2, 0) is 12.8 Å². The molecule has 0 spiro atoms. The van der Waals surface area contributed by atoms with Crippen molar-refractivity contribution in [3.63, 3.8) is 0 Å². The van der Waals surface area contributed by atoms with Gasteiger partial charge in [-0.25, -0.2) is 0 Å². The number of rotatable bonds is 4. The summed E-state index contributed by atoms with van der Waals surface area (Å²) >= 11 is 0. The van der Waals surface area contributed by atoms with E-state index in [1.807, 2.05) is 0 Å². The van der Waals surface area contributed by atoms with Crippen molar-refractivity contribution in [1.82, 2.24) is 15.5 Å². The molecule has 0 aliphatic carbocycles. The molecule has 4 nitrogen and oxygen atoms in total. The summed E-state index contributed by atoms with van der Waals surface area (Å²) in [6, 6.07) is 8.44. The van der Waals surface area contributed by atoms with E-state index in [1.54, 1.807) is 0 Å². The number of benzene rings is 1. The summed E-state index contributed by atoms with van der Waals surface area (Å²) in [5.74, 6) is 2.21. The van der Waals surface area contributed by atoms with Crippen molar-refractivity contribution >= 4 is 0 Å². The van der Waals surface area contributed by atoms with Gasteiger partial charge in [0.1, 0.15) is 0 Å². The first kappa shape index (κ1) is 11.4. The van der Waals surface area contributed by atoms with Gasteiger partial charge >= 0.3 is 0 Å². The Kier molecular flexibility index (Phi) is 3.11. The van der Waals surface area contributed by atoms with Gasteiger partial charge in [-0.3, -0.25) is 0 Å². The molecule has 1 aliphatic heterocycles. The van der Waals surface area contributed by atoms with E-state index in [4.69, 9.17) is 4.52 Å². The maximum absolute atomic E-state index is 5.28. The fourth-order valence-corrected chi connectivity index (χ4v) is 2.07. The molecule has 94 valence electrons. The van der Waals surface area contributed by atoms with Gasteiger partial charge in [-0.05, 0) is 31.5 Å². The average Bonchev–Trinajstić information content (AvgIpc) is 2.75. The Hall–Kier alpha value is -1.68. The third kappa shape index (κ3) is 2.59. The summed E-state index contributed by atoms with van der Waals surface area (Å²) in [4.78, 5) is 4.44. The van der Waals surface area contributed by atoms with Gasteiger partial charge < -0.3 is 9.84 Å². The Balaban J connectivity index is 1.63. The molecule has 1 N–H and O–H groups in total. The first-order valence-corrected chi connectivity index (χ1v) is 6.37. The normalized spacial score (nSPS) is 15.6. The summed E-state index contributed by atoms with van der Waals surface area (Å²) in [7, 11) is 0. The number of aromatic nitrogens is 2. The van der Waals surface area contributed by atoms with Crippen LogP contribution in [0.4, 0.5) is 0 Å². The predicted octanol–water partition coefficient (Wildman–Crippen LogP) is 1.73. The molecule has 0 amide bonds. The van der Waals surface area contributed by atoms with E-state index in [-0.39, 0.29) is 0 Å². The zero-order valence-electron chi connectivity index (χ0n) is 10.5. The van der Waals surface area contributed by atoms with Crippen LogP contribution in [0.1, 0.15) is 22.8 Å². The van der Waals surface area contributed by atoms with Gasteiger partial charge in [-0.2, -0.15) is 4.98 Å². The maximum Gasteiger partial charge on any atom is 0.227 e. The van der Waals surface area contributed by atoms with E-state index >= 15 is 0 Å². The van der Waals surface area contributed by atoms with E-state index in [9.17, 15) is 0 Å². The summed E-state index contributed by atoms with van der Waals surface area (Å²) in [6.07, 6.45) is 1.64. The van der Waals surface area contributed by atoms with E-state index in [0.717, 1.165) is 37.6 Å². The number of hydrogen-bond acceptors (Lipinski definition) is 4. The predicted molar refractivity (Wildman–Crippen MR) is 68.3 cm³/mol. The van der Waals surface area contributed by atoms with Crippen LogP contribution < -0.4 is 5.32 Å². The van der Waals surface area contributed by atoms with Crippen molar-refractivity contribution in [2.24, 2.45) is 5.92 Å². The molecule has 18 heavy (non-hydrogen) atoms. The highest BCUT2D eigenvalue weighted by atomic mass is 16.5. The van der Waals surface area contributed by atoms with Crippen LogP contribution in [0, 0.1) is 12.8 Å². The van der Waals surface area contributed by atoms with Crippen molar-refractivity contribution in [2.75, 3.05) is 13.1 Å². The molecule has 0 radical (unpaired) electrons. The fourth-order valence-electron chi connectivity index (χ4n) is 2.07. The molecule has 1 aliphatic rings. The van der Waals surface area contributed by atoms with E-state index in [2.05, 4.69) is 46.6 Å². The van der Waals surface area contributed by atoms with E-state index in [0.29, 0.717) is 5.92 Å². The molecule has 1 aromatic carbocycles. The second-order valence-electron chi connectivity index (χ2n) is 5.00. The number of nitrogens with zero attached hydrogens (tertiary/aromatic N) is 2. The van der Waals surface area contributed by atoms with Crippen LogP contribution in [0.15, 0.2) is 28.8 Å². The monoisotopic (exact) mass is 243 g/mol. The highest BCUT2D eigenvalue weighted by Crippen LogP contribution is 2.13. The molecule has 1 fully saturated rings. The highest BCUT2D eigenvalue weighted by molar-refractivity contribution is 5.23. The summed E-state index contributed by atoms with van der Waals surface area (Å²) in [5.41, 5.74) is 2.49. The zero-order chi connectivity index (χ0) is 12.4. The quantitative estimate of drug-likeness (QED) is 0.888. The van der Waals surface area contributed by atoms with Crippen molar-refractivity contribution < 1.29 is 4.52 Å². The number of nitrogens with one attached hydrogen (secondary N) is 1. The molecule has 1 saturated heterocycles. The van der Waals surface area contributed by atoms with Gasteiger partial charge in [-0.15, -0.1) is 0 Å². The third-order valence-corrected chi connectivity index (χ3v) is 3.32. The van der Waals surface area contributed by atoms with Crippen LogP contribution in [-0.4, -0.2) is 23.2 Å². The van der Waals surface area contributed by atoms with Gasteiger partial charge in [0, 0.05) is 12.8 Å². The Morgan fingerprint density at radius 3 is 2.72 bits per heavy atom. The van der Waals surface area contributed by atoms with E-state index < -0.39 is 0 Å². The van der Waals surface area contributed by atoms with Crippen LogP contribution in [0.25, 0.3) is 0 Å². The Morgan fingerprint density at radius 1 is 1.28 bits per heavy atom. The van der Waals surface area contributed by atoms with Crippen LogP contribution in [0.3, 0.4) is 0 Å². The van der Waals surface area contributed by atoms with Crippen molar-refractivity contribution in [1.29, 1.82) is 0 Å². The van der Waals surface area contributed by atoms with E-state index in [1.165, 1.54) is 11.1 Å². The standard InChI is InChI=1S/C14H17N3O/c1-10-2-4-11(5-3-10)6-13-16-14(18-17-13)7-12-8-15-9-12/h2-5,12,15H,6-9H2,1H3. The lowest BCUT2D eigenvalue weighted by atomic mass is 10.00. The molecular formula is C14H17N3O. The largest absolute Gasteiger partial charge is 0.339 e. The third-order valence-electron chi connectivity index (χ3n) is 3.32. The van der Waals surface area contributed by atoms with Gasteiger partial charge in [-0.1, -0.05) is 35.0 Å². The molecule has 0 bridgehead atoms.